The number of nitrogens with one attached hydrogen (secondary N) is 1. The molecule has 20 heavy (non-hydrogen) atoms. The first-order chi connectivity index (χ1) is 8.96. The summed E-state index contributed by atoms with van der Waals surface area (Å²) < 4.78 is 0.230. The number of hydrogen-bond donors (Lipinski definition) is 1. The number of halogens is 1. The molecule has 1 fully saturated rings. The monoisotopic (exact) mass is 382 g/mol. The molecule has 1 rings (SSSR count). The van der Waals surface area contributed by atoms with Crippen LogP contribution in [0.5, 0.6) is 0 Å². The predicted octanol–water partition coefficient (Wildman–Crippen LogP) is 3.53. The Bertz CT molecular complexity index is 335. The Morgan fingerprint density at radius 3 is 2.20 bits per heavy atom. The first kappa shape index (κ1) is 18.7. The third-order valence-corrected chi connectivity index (χ3v) is 7.81. The topological polar surface area (TPSA) is 32.3 Å². The zero-order valence-electron chi connectivity index (χ0n) is 13.4. The van der Waals surface area contributed by atoms with Gasteiger partial charge in [-0.05, 0) is 41.5 Å². The van der Waals surface area contributed by atoms with E-state index in [0.717, 1.165) is 19.6 Å². The van der Waals surface area contributed by atoms with Crippen molar-refractivity contribution in [2.24, 2.45) is 0 Å². The van der Waals surface area contributed by atoms with Crippen LogP contribution in [-0.4, -0.2) is 50.8 Å². The quantitative estimate of drug-likeness (QED) is 0.555. The highest BCUT2D eigenvalue weighted by atomic mass is 79.9. The second kappa shape index (κ2) is 6.80. The first-order valence-corrected chi connectivity index (χ1v) is 10.2. The largest absolute Gasteiger partial charge is 0.339 e. The van der Waals surface area contributed by atoms with Crippen molar-refractivity contribution in [3.05, 3.63) is 0 Å². The Hall–Kier alpha value is 0.610. The van der Waals surface area contributed by atoms with Gasteiger partial charge in [-0.1, -0.05) is 37.5 Å². The van der Waals surface area contributed by atoms with E-state index in [9.17, 15) is 4.79 Å². The highest BCUT2D eigenvalue weighted by Gasteiger charge is 2.34. The van der Waals surface area contributed by atoms with Crippen LogP contribution in [0.25, 0.3) is 0 Å². The Morgan fingerprint density at radius 2 is 1.65 bits per heavy atom. The summed E-state index contributed by atoms with van der Waals surface area (Å²) in [6.45, 7) is 15.8. The Morgan fingerprint density at radius 1 is 1.10 bits per heavy atom. The molecule has 0 radical (unpaired) electrons. The number of carbonyl (C=O) groups is 1. The number of alkyl halides is 1. The number of nitrogens with zero attached hydrogens (tertiary/aromatic N) is 1. The molecular weight excluding hydrogens is 356 g/mol. The summed E-state index contributed by atoms with van der Waals surface area (Å²) in [7, 11) is 3.79. The molecule has 0 aromatic rings. The van der Waals surface area contributed by atoms with Crippen molar-refractivity contribution in [2.45, 2.75) is 56.6 Å². The third kappa shape index (κ3) is 6.16. The Kier molecular flexibility index (Phi) is 6.34. The van der Waals surface area contributed by atoms with Crippen molar-refractivity contribution in [1.82, 2.24) is 10.2 Å². The van der Waals surface area contributed by atoms with Gasteiger partial charge in [0.25, 0.3) is 0 Å². The SMILES string of the molecule is CC1(C)CN(C(=O)CBr)CC(C)(C)SSC(C)(C)CN1. The lowest BCUT2D eigenvalue weighted by molar-refractivity contribution is -0.129. The van der Waals surface area contributed by atoms with E-state index in [1.165, 1.54) is 0 Å². The van der Waals surface area contributed by atoms with Crippen molar-refractivity contribution < 1.29 is 4.79 Å². The van der Waals surface area contributed by atoms with E-state index in [4.69, 9.17) is 0 Å². The second-order valence-electron chi connectivity index (χ2n) is 7.31. The highest BCUT2D eigenvalue weighted by molar-refractivity contribution is 9.09. The Balaban J connectivity index is 2.95. The highest BCUT2D eigenvalue weighted by Crippen LogP contribution is 2.44. The third-order valence-electron chi connectivity index (χ3n) is 3.11. The Labute approximate surface area is 139 Å². The maximum Gasteiger partial charge on any atom is 0.233 e. The minimum atomic E-state index is -0.0756. The predicted molar refractivity (Wildman–Crippen MR) is 95.8 cm³/mol. The van der Waals surface area contributed by atoms with Crippen LogP contribution < -0.4 is 5.32 Å². The summed E-state index contributed by atoms with van der Waals surface area (Å²) in [4.78, 5) is 14.1. The molecule has 0 aromatic carbocycles. The van der Waals surface area contributed by atoms with Crippen LogP contribution in [0.4, 0.5) is 0 Å². The van der Waals surface area contributed by atoms with Gasteiger partial charge >= 0.3 is 0 Å². The van der Waals surface area contributed by atoms with Gasteiger partial charge in [-0.3, -0.25) is 4.79 Å². The zero-order chi connectivity index (χ0) is 15.6. The molecule has 118 valence electrons. The van der Waals surface area contributed by atoms with Crippen molar-refractivity contribution in [1.29, 1.82) is 0 Å². The molecule has 0 saturated carbocycles. The van der Waals surface area contributed by atoms with Gasteiger partial charge in [0, 0.05) is 34.7 Å². The fourth-order valence-electron chi connectivity index (χ4n) is 2.04. The molecule has 0 aliphatic carbocycles. The van der Waals surface area contributed by atoms with Gasteiger partial charge in [0.15, 0.2) is 0 Å². The molecule has 6 heteroatoms. The average molecular weight is 383 g/mol. The van der Waals surface area contributed by atoms with Gasteiger partial charge in [-0.25, -0.2) is 0 Å². The van der Waals surface area contributed by atoms with E-state index in [2.05, 4.69) is 62.8 Å². The molecule has 0 bridgehead atoms. The molecular formula is C14H27BrN2OS2. The number of amides is 1. The number of hydrogen-bond acceptors (Lipinski definition) is 4. The van der Waals surface area contributed by atoms with E-state index in [-0.39, 0.29) is 20.9 Å². The normalized spacial score (nSPS) is 26.1. The van der Waals surface area contributed by atoms with Gasteiger partial charge in [0.05, 0.1) is 5.33 Å². The lowest BCUT2D eigenvalue weighted by Crippen LogP contribution is -2.56. The molecule has 1 saturated heterocycles. The summed E-state index contributed by atoms with van der Waals surface area (Å²) in [5.74, 6) is 0.165. The van der Waals surface area contributed by atoms with E-state index in [1.54, 1.807) is 0 Å². The molecule has 1 N–H and O–H groups in total. The minimum absolute atomic E-state index is 0.0488. The van der Waals surface area contributed by atoms with E-state index in [0.29, 0.717) is 5.33 Å². The van der Waals surface area contributed by atoms with Gasteiger partial charge in [-0.15, -0.1) is 0 Å². The maximum atomic E-state index is 12.2. The van der Waals surface area contributed by atoms with Crippen LogP contribution in [-0.2, 0) is 4.79 Å². The molecule has 1 heterocycles. The number of rotatable bonds is 1. The van der Waals surface area contributed by atoms with Crippen molar-refractivity contribution in [3.8, 4) is 0 Å². The van der Waals surface area contributed by atoms with Crippen LogP contribution in [0.1, 0.15) is 41.5 Å². The van der Waals surface area contributed by atoms with Crippen molar-refractivity contribution in [2.75, 3.05) is 25.0 Å². The lowest BCUT2D eigenvalue weighted by atomic mass is 10.0. The molecule has 0 unspecified atom stereocenters. The van der Waals surface area contributed by atoms with Crippen LogP contribution >= 0.6 is 37.5 Å². The maximum absolute atomic E-state index is 12.2. The molecule has 0 aromatic heterocycles. The smallest absolute Gasteiger partial charge is 0.233 e. The zero-order valence-corrected chi connectivity index (χ0v) is 16.6. The second-order valence-corrected chi connectivity index (χ2v) is 11.4. The van der Waals surface area contributed by atoms with E-state index < -0.39 is 0 Å². The molecule has 1 amide bonds. The van der Waals surface area contributed by atoms with E-state index in [1.807, 2.05) is 26.5 Å². The van der Waals surface area contributed by atoms with Gasteiger partial charge in [-0.2, -0.15) is 0 Å². The molecule has 0 spiro atoms. The molecule has 3 nitrogen and oxygen atoms in total. The van der Waals surface area contributed by atoms with Crippen molar-refractivity contribution >= 4 is 43.4 Å². The molecule has 1 aliphatic heterocycles. The fourth-order valence-corrected chi connectivity index (χ4v) is 4.88. The van der Waals surface area contributed by atoms with Crippen LogP contribution in [0.15, 0.2) is 0 Å². The summed E-state index contributed by atoms with van der Waals surface area (Å²) >= 11 is 3.30. The molecule has 0 atom stereocenters. The van der Waals surface area contributed by atoms with Gasteiger partial charge in [0.2, 0.25) is 5.91 Å². The van der Waals surface area contributed by atoms with Crippen LogP contribution in [0.2, 0.25) is 0 Å². The van der Waals surface area contributed by atoms with Crippen molar-refractivity contribution in [3.63, 3.8) is 0 Å². The number of carbonyl (C=O) groups excluding carboxylic acids is 1. The fraction of sp³-hybridized carbons (Fsp3) is 0.929. The standard InChI is InChI=1S/C14H27BrN2OS2/c1-12(2)9-17(11(18)7-15)10-14(5,6)20-19-13(3,4)8-16-12/h16H,7-10H2,1-6H3. The summed E-state index contributed by atoms with van der Waals surface area (Å²) in [5.41, 5.74) is -0.0756. The van der Waals surface area contributed by atoms with Crippen LogP contribution in [0.3, 0.4) is 0 Å². The first-order valence-electron chi connectivity index (χ1n) is 6.92. The lowest BCUT2D eigenvalue weighted by Gasteiger charge is -2.42. The summed E-state index contributed by atoms with van der Waals surface area (Å²) in [6, 6.07) is 0. The summed E-state index contributed by atoms with van der Waals surface area (Å²) in [5, 5.41) is 4.00. The minimum Gasteiger partial charge on any atom is -0.339 e. The summed E-state index contributed by atoms with van der Waals surface area (Å²) in [6.07, 6.45) is 0. The average Bonchev–Trinajstić information content (AvgIpc) is 2.32. The molecule has 1 aliphatic rings. The van der Waals surface area contributed by atoms with Crippen LogP contribution in [0, 0.1) is 0 Å². The van der Waals surface area contributed by atoms with Gasteiger partial charge in [0.1, 0.15) is 0 Å². The van der Waals surface area contributed by atoms with Gasteiger partial charge < -0.3 is 10.2 Å². The van der Waals surface area contributed by atoms with E-state index >= 15 is 0 Å².